The van der Waals surface area contributed by atoms with Gasteiger partial charge >= 0.3 is 0 Å². The Hall–Kier alpha value is -0.870. The third-order valence-corrected chi connectivity index (χ3v) is 2.57. The molecule has 0 amide bonds. The Labute approximate surface area is 97.9 Å². The first-order valence-corrected chi connectivity index (χ1v) is 5.75. The number of likely N-dealkylation sites (N-methyl/N-ethyl adjacent to an activating group) is 1. The van der Waals surface area contributed by atoms with Gasteiger partial charge in [-0.05, 0) is 27.3 Å². The SMILES string of the molecule is CCN(Cc1cn(C)nc1C)CC(C)(C)O. The van der Waals surface area contributed by atoms with Crippen molar-refractivity contribution in [2.45, 2.75) is 39.8 Å². The molecule has 0 aliphatic rings. The Morgan fingerprint density at radius 1 is 1.50 bits per heavy atom. The third-order valence-electron chi connectivity index (χ3n) is 2.57. The molecule has 0 radical (unpaired) electrons. The molecule has 1 aromatic heterocycles. The summed E-state index contributed by atoms with van der Waals surface area (Å²) in [6.07, 6.45) is 2.04. The molecule has 0 fully saturated rings. The normalized spacial score (nSPS) is 12.4. The van der Waals surface area contributed by atoms with Crippen molar-refractivity contribution in [1.82, 2.24) is 14.7 Å². The van der Waals surface area contributed by atoms with E-state index in [1.54, 1.807) is 0 Å². The molecule has 0 unspecified atom stereocenters. The van der Waals surface area contributed by atoms with Crippen LogP contribution in [0.3, 0.4) is 0 Å². The lowest BCUT2D eigenvalue weighted by molar-refractivity contribution is 0.0353. The standard InChI is InChI=1S/C12H23N3O/c1-6-15(9-12(3,4)16)8-11-7-14(5)13-10(11)2/h7,16H,6,8-9H2,1-5H3. The van der Waals surface area contributed by atoms with Gasteiger partial charge in [0.15, 0.2) is 0 Å². The van der Waals surface area contributed by atoms with Crippen molar-refractivity contribution in [3.63, 3.8) is 0 Å². The summed E-state index contributed by atoms with van der Waals surface area (Å²) < 4.78 is 1.84. The molecule has 0 saturated heterocycles. The highest BCUT2D eigenvalue weighted by Crippen LogP contribution is 2.12. The maximum atomic E-state index is 9.81. The van der Waals surface area contributed by atoms with Crippen LogP contribution in [0.5, 0.6) is 0 Å². The van der Waals surface area contributed by atoms with Crippen LogP contribution in [0.1, 0.15) is 32.0 Å². The smallest absolute Gasteiger partial charge is 0.0718 e. The highest BCUT2D eigenvalue weighted by molar-refractivity contribution is 5.15. The van der Waals surface area contributed by atoms with Crippen LogP contribution in [0.15, 0.2) is 6.20 Å². The molecule has 1 heterocycles. The first-order valence-electron chi connectivity index (χ1n) is 5.75. The van der Waals surface area contributed by atoms with Gasteiger partial charge in [-0.2, -0.15) is 5.10 Å². The fourth-order valence-electron chi connectivity index (χ4n) is 1.87. The molecule has 1 rings (SSSR count). The molecular weight excluding hydrogens is 202 g/mol. The highest BCUT2D eigenvalue weighted by Gasteiger charge is 2.18. The van der Waals surface area contributed by atoms with Crippen LogP contribution in [0, 0.1) is 6.92 Å². The van der Waals surface area contributed by atoms with Gasteiger partial charge < -0.3 is 5.11 Å². The van der Waals surface area contributed by atoms with Crippen LogP contribution in [0.25, 0.3) is 0 Å². The first kappa shape index (κ1) is 13.2. The van der Waals surface area contributed by atoms with Crippen LogP contribution in [0.2, 0.25) is 0 Å². The molecule has 0 saturated carbocycles. The van der Waals surface area contributed by atoms with E-state index >= 15 is 0 Å². The number of hydrogen-bond donors (Lipinski definition) is 1. The van der Waals surface area contributed by atoms with E-state index < -0.39 is 5.60 Å². The van der Waals surface area contributed by atoms with Crippen molar-refractivity contribution in [1.29, 1.82) is 0 Å². The average Bonchev–Trinajstić information content (AvgIpc) is 2.41. The molecule has 0 atom stereocenters. The lowest BCUT2D eigenvalue weighted by Gasteiger charge is -2.27. The van der Waals surface area contributed by atoms with E-state index in [0.717, 1.165) is 18.8 Å². The van der Waals surface area contributed by atoms with Gasteiger partial charge in [-0.15, -0.1) is 0 Å². The molecule has 4 nitrogen and oxygen atoms in total. The van der Waals surface area contributed by atoms with E-state index in [0.29, 0.717) is 6.54 Å². The van der Waals surface area contributed by atoms with Crippen molar-refractivity contribution in [3.05, 3.63) is 17.5 Å². The number of aliphatic hydroxyl groups is 1. The summed E-state index contributed by atoms with van der Waals surface area (Å²) >= 11 is 0. The molecule has 0 aromatic carbocycles. The Balaban J connectivity index is 2.67. The fourth-order valence-corrected chi connectivity index (χ4v) is 1.87. The Kier molecular flexibility index (Phi) is 4.10. The highest BCUT2D eigenvalue weighted by atomic mass is 16.3. The zero-order chi connectivity index (χ0) is 12.3. The molecule has 0 spiro atoms. The predicted molar refractivity (Wildman–Crippen MR) is 65.2 cm³/mol. The van der Waals surface area contributed by atoms with Crippen molar-refractivity contribution < 1.29 is 5.11 Å². The van der Waals surface area contributed by atoms with Crippen molar-refractivity contribution in [2.75, 3.05) is 13.1 Å². The second-order valence-electron chi connectivity index (χ2n) is 5.03. The van der Waals surface area contributed by atoms with Gasteiger partial charge in [-0.25, -0.2) is 0 Å². The Morgan fingerprint density at radius 3 is 2.50 bits per heavy atom. The van der Waals surface area contributed by atoms with Crippen molar-refractivity contribution in [2.24, 2.45) is 7.05 Å². The molecule has 4 heteroatoms. The van der Waals surface area contributed by atoms with Gasteiger partial charge in [0.05, 0.1) is 11.3 Å². The number of rotatable bonds is 5. The molecule has 0 aliphatic heterocycles. The van der Waals surface area contributed by atoms with Crippen LogP contribution in [-0.2, 0) is 13.6 Å². The molecule has 1 N–H and O–H groups in total. The summed E-state index contributed by atoms with van der Waals surface area (Å²) in [6, 6.07) is 0. The summed E-state index contributed by atoms with van der Waals surface area (Å²) in [7, 11) is 1.93. The van der Waals surface area contributed by atoms with Crippen molar-refractivity contribution in [3.8, 4) is 0 Å². The lowest BCUT2D eigenvalue weighted by Crippen LogP contribution is -2.38. The van der Waals surface area contributed by atoms with Gasteiger partial charge in [0.1, 0.15) is 0 Å². The van der Waals surface area contributed by atoms with Crippen LogP contribution in [0.4, 0.5) is 0 Å². The maximum absolute atomic E-state index is 9.81. The predicted octanol–water partition coefficient (Wildman–Crippen LogP) is 1.32. The minimum atomic E-state index is -0.647. The summed E-state index contributed by atoms with van der Waals surface area (Å²) in [5.74, 6) is 0. The van der Waals surface area contributed by atoms with Gasteiger partial charge in [-0.1, -0.05) is 6.92 Å². The van der Waals surface area contributed by atoms with Gasteiger partial charge in [0, 0.05) is 31.9 Å². The van der Waals surface area contributed by atoms with Crippen LogP contribution < -0.4 is 0 Å². The summed E-state index contributed by atoms with van der Waals surface area (Å²) in [4.78, 5) is 2.23. The van der Waals surface area contributed by atoms with Crippen molar-refractivity contribution >= 4 is 0 Å². The lowest BCUT2D eigenvalue weighted by atomic mass is 10.1. The molecular formula is C12H23N3O. The molecule has 1 aromatic rings. The van der Waals surface area contributed by atoms with Crippen LogP contribution >= 0.6 is 0 Å². The fraction of sp³-hybridized carbons (Fsp3) is 0.750. The van der Waals surface area contributed by atoms with Gasteiger partial charge in [-0.3, -0.25) is 9.58 Å². The summed E-state index contributed by atoms with van der Waals surface area (Å²) in [5, 5.41) is 14.1. The Bertz CT molecular complexity index is 339. The average molecular weight is 225 g/mol. The van der Waals surface area contributed by atoms with E-state index in [2.05, 4.69) is 16.9 Å². The number of nitrogens with zero attached hydrogens (tertiary/aromatic N) is 3. The van der Waals surface area contributed by atoms with E-state index in [4.69, 9.17) is 0 Å². The van der Waals surface area contributed by atoms with Gasteiger partial charge in [0.2, 0.25) is 0 Å². The first-order chi connectivity index (χ1) is 7.31. The Morgan fingerprint density at radius 2 is 2.12 bits per heavy atom. The molecule has 16 heavy (non-hydrogen) atoms. The zero-order valence-electron chi connectivity index (χ0n) is 11.0. The zero-order valence-corrected chi connectivity index (χ0v) is 11.0. The molecule has 92 valence electrons. The van der Waals surface area contributed by atoms with Gasteiger partial charge in [0.25, 0.3) is 0 Å². The minimum absolute atomic E-state index is 0.647. The monoisotopic (exact) mass is 225 g/mol. The second kappa shape index (κ2) is 4.97. The van der Waals surface area contributed by atoms with E-state index in [-0.39, 0.29) is 0 Å². The largest absolute Gasteiger partial charge is 0.389 e. The number of hydrogen-bond acceptors (Lipinski definition) is 3. The van der Waals surface area contributed by atoms with E-state index in [1.165, 1.54) is 5.56 Å². The second-order valence-corrected chi connectivity index (χ2v) is 5.03. The summed E-state index contributed by atoms with van der Waals surface area (Å²) in [5.41, 5.74) is 1.65. The van der Waals surface area contributed by atoms with Crippen LogP contribution in [-0.4, -0.2) is 38.5 Å². The maximum Gasteiger partial charge on any atom is 0.0718 e. The molecule has 0 aliphatic carbocycles. The number of aromatic nitrogens is 2. The summed E-state index contributed by atoms with van der Waals surface area (Å²) in [6.45, 7) is 10.3. The quantitative estimate of drug-likeness (QED) is 0.821. The van der Waals surface area contributed by atoms with E-state index in [9.17, 15) is 5.11 Å². The molecule has 0 bridgehead atoms. The number of aryl methyl sites for hydroxylation is 2. The third kappa shape index (κ3) is 3.94. The minimum Gasteiger partial charge on any atom is -0.389 e. The van der Waals surface area contributed by atoms with E-state index in [1.807, 2.05) is 38.7 Å². The topological polar surface area (TPSA) is 41.3 Å².